The van der Waals surface area contributed by atoms with Crippen LogP contribution < -0.4 is 5.73 Å². The normalized spacial score (nSPS) is 10.6. The van der Waals surface area contributed by atoms with Crippen LogP contribution in [0.5, 0.6) is 0 Å². The zero-order valence-corrected chi connectivity index (χ0v) is 10.7. The number of nitrogen functional groups attached to an aromatic ring is 1. The standard InChI is InChI=1S/C14H10FN3S/c15-10-5-3-4-9(8-10)13-17-18-14(19-13)11-6-1-2-7-12(11)16/h1-8H,16H2. The summed E-state index contributed by atoms with van der Waals surface area (Å²) in [7, 11) is 0. The van der Waals surface area contributed by atoms with Gasteiger partial charge < -0.3 is 5.73 Å². The van der Waals surface area contributed by atoms with Crippen molar-refractivity contribution in [2.45, 2.75) is 0 Å². The van der Waals surface area contributed by atoms with Gasteiger partial charge in [0.25, 0.3) is 0 Å². The lowest BCUT2D eigenvalue weighted by molar-refractivity contribution is 0.628. The molecule has 0 spiro atoms. The van der Waals surface area contributed by atoms with Crippen molar-refractivity contribution in [3.63, 3.8) is 0 Å². The van der Waals surface area contributed by atoms with Crippen molar-refractivity contribution in [1.29, 1.82) is 0 Å². The second kappa shape index (κ2) is 4.78. The zero-order chi connectivity index (χ0) is 13.2. The zero-order valence-electron chi connectivity index (χ0n) is 9.88. The molecule has 3 rings (SSSR count). The minimum atomic E-state index is -0.284. The van der Waals surface area contributed by atoms with E-state index in [-0.39, 0.29) is 5.82 Å². The summed E-state index contributed by atoms with van der Waals surface area (Å²) in [5.74, 6) is -0.284. The van der Waals surface area contributed by atoms with E-state index in [2.05, 4.69) is 10.2 Å². The predicted molar refractivity (Wildman–Crippen MR) is 75.2 cm³/mol. The molecule has 0 atom stereocenters. The van der Waals surface area contributed by atoms with Crippen LogP contribution in [0.3, 0.4) is 0 Å². The molecule has 19 heavy (non-hydrogen) atoms. The third-order valence-corrected chi connectivity index (χ3v) is 3.69. The quantitative estimate of drug-likeness (QED) is 0.725. The molecule has 0 bridgehead atoms. The number of aromatic nitrogens is 2. The molecular formula is C14H10FN3S. The van der Waals surface area contributed by atoms with Crippen LogP contribution in [-0.4, -0.2) is 10.2 Å². The first-order chi connectivity index (χ1) is 9.24. The lowest BCUT2D eigenvalue weighted by atomic mass is 10.2. The van der Waals surface area contributed by atoms with Crippen LogP contribution in [0.2, 0.25) is 0 Å². The van der Waals surface area contributed by atoms with Gasteiger partial charge in [0.15, 0.2) is 0 Å². The fourth-order valence-corrected chi connectivity index (χ4v) is 2.65. The maximum Gasteiger partial charge on any atom is 0.150 e. The van der Waals surface area contributed by atoms with Crippen LogP contribution in [0.1, 0.15) is 0 Å². The fourth-order valence-electron chi connectivity index (χ4n) is 1.76. The molecule has 1 aromatic heterocycles. The highest BCUT2D eigenvalue weighted by Gasteiger charge is 2.10. The minimum Gasteiger partial charge on any atom is -0.398 e. The number of rotatable bonds is 2. The van der Waals surface area contributed by atoms with Crippen molar-refractivity contribution in [3.05, 3.63) is 54.3 Å². The third-order valence-electron chi connectivity index (χ3n) is 2.69. The van der Waals surface area contributed by atoms with Gasteiger partial charge >= 0.3 is 0 Å². The Hall–Kier alpha value is -2.27. The van der Waals surface area contributed by atoms with E-state index < -0.39 is 0 Å². The van der Waals surface area contributed by atoms with Gasteiger partial charge in [-0.15, -0.1) is 10.2 Å². The number of nitrogens with two attached hydrogens (primary N) is 1. The van der Waals surface area contributed by atoms with E-state index in [0.29, 0.717) is 10.7 Å². The minimum absolute atomic E-state index is 0.284. The molecule has 0 saturated carbocycles. The van der Waals surface area contributed by atoms with E-state index in [1.807, 2.05) is 30.3 Å². The number of benzene rings is 2. The molecule has 0 fully saturated rings. The maximum atomic E-state index is 13.2. The Morgan fingerprint density at radius 2 is 1.74 bits per heavy atom. The number of hydrogen-bond acceptors (Lipinski definition) is 4. The molecule has 0 unspecified atom stereocenters. The largest absolute Gasteiger partial charge is 0.398 e. The molecule has 5 heteroatoms. The summed E-state index contributed by atoms with van der Waals surface area (Å²) < 4.78 is 13.2. The number of halogens is 1. The highest BCUT2D eigenvalue weighted by atomic mass is 32.1. The van der Waals surface area contributed by atoms with Crippen molar-refractivity contribution in [2.24, 2.45) is 0 Å². The summed E-state index contributed by atoms with van der Waals surface area (Å²) in [5, 5.41) is 9.62. The first-order valence-electron chi connectivity index (χ1n) is 5.68. The van der Waals surface area contributed by atoms with Crippen LogP contribution in [0.4, 0.5) is 10.1 Å². The first-order valence-corrected chi connectivity index (χ1v) is 6.50. The fraction of sp³-hybridized carbons (Fsp3) is 0. The average molecular weight is 271 g/mol. The summed E-state index contributed by atoms with van der Waals surface area (Å²) in [6, 6.07) is 13.8. The van der Waals surface area contributed by atoms with E-state index >= 15 is 0 Å². The van der Waals surface area contributed by atoms with Crippen LogP contribution in [0.15, 0.2) is 48.5 Å². The lowest BCUT2D eigenvalue weighted by Gasteiger charge is -1.99. The van der Waals surface area contributed by atoms with E-state index in [9.17, 15) is 4.39 Å². The van der Waals surface area contributed by atoms with Crippen LogP contribution in [-0.2, 0) is 0 Å². The van der Waals surface area contributed by atoms with Crippen molar-refractivity contribution in [3.8, 4) is 21.1 Å². The molecule has 0 saturated heterocycles. The third kappa shape index (κ3) is 2.32. The highest BCUT2D eigenvalue weighted by Crippen LogP contribution is 2.32. The molecule has 1 heterocycles. The second-order valence-corrected chi connectivity index (χ2v) is 4.99. The molecule has 3 nitrogen and oxygen atoms in total. The molecule has 2 N–H and O–H groups in total. The molecule has 0 aliphatic carbocycles. The Kier molecular flexibility index (Phi) is 2.97. The molecule has 0 aliphatic rings. The van der Waals surface area contributed by atoms with Gasteiger partial charge in [-0.25, -0.2) is 4.39 Å². The van der Waals surface area contributed by atoms with E-state index in [1.165, 1.54) is 23.5 Å². The summed E-state index contributed by atoms with van der Waals surface area (Å²) in [4.78, 5) is 0. The van der Waals surface area contributed by atoms with Crippen molar-refractivity contribution in [2.75, 3.05) is 5.73 Å². The van der Waals surface area contributed by atoms with Gasteiger partial charge in [-0.1, -0.05) is 35.6 Å². The predicted octanol–water partition coefficient (Wildman–Crippen LogP) is 3.59. The Bertz CT molecular complexity index is 724. The van der Waals surface area contributed by atoms with Gasteiger partial charge in [0.1, 0.15) is 15.8 Å². The molecular weight excluding hydrogens is 261 g/mol. The van der Waals surface area contributed by atoms with E-state index in [0.717, 1.165) is 16.1 Å². The Morgan fingerprint density at radius 1 is 0.947 bits per heavy atom. The topological polar surface area (TPSA) is 51.8 Å². The van der Waals surface area contributed by atoms with Crippen molar-refractivity contribution >= 4 is 17.0 Å². The van der Waals surface area contributed by atoms with Gasteiger partial charge in [-0.2, -0.15) is 0 Å². The van der Waals surface area contributed by atoms with Crippen molar-refractivity contribution < 1.29 is 4.39 Å². The second-order valence-electron chi connectivity index (χ2n) is 4.01. The summed E-state index contributed by atoms with van der Waals surface area (Å²) >= 11 is 1.39. The van der Waals surface area contributed by atoms with Gasteiger partial charge in [0.05, 0.1) is 0 Å². The highest BCUT2D eigenvalue weighted by molar-refractivity contribution is 7.18. The average Bonchev–Trinajstić information content (AvgIpc) is 2.89. The lowest BCUT2D eigenvalue weighted by Crippen LogP contribution is -1.88. The van der Waals surface area contributed by atoms with Crippen molar-refractivity contribution in [1.82, 2.24) is 10.2 Å². The molecule has 2 aromatic carbocycles. The van der Waals surface area contributed by atoms with Gasteiger partial charge in [0.2, 0.25) is 0 Å². The van der Waals surface area contributed by atoms with Crippen LogP contribution in [0.25, 0.3) is 21.1 Å². The molecule has 94 valence electrons. The Morgan fingerprint density at radius 3 is 2.53 bits per heavy atom. The first kappa shape index (κ1) is 11.8. The van der Waals surface area contributed by atoms with Crippen LogP contribution >= 0.6 is 11.3 Å². The summed E-state index contributed by atoms with van der Waals surface area (Å²) in [6.07, 6.45) is 0. The molecule has 0 aliphatic heterocycles. The molecule has 3 aromatic rings. The number of para-hydroxylation sites is 1. The SMILES string of the molecule is Nc1ccccc1-c1nnc(-c2cccc(F)c2)s1. The Balaban J connectivity index is 2.03. The number of nitrogens with zero attached hydrogens (tertiary/aromatic N) is 2. The number of anilines is 1. The monoisotopic (exact) mass is 271 g/mol. The summed E-state index contributed by atoms with van der Waals surface area (Å²) in [5.41, 5.74) is 8.13. The van der Waals surface area contributed by atoms with Crippen LogP contribution in [0, 0.1) is 5.82 Å². The maximum absolute atomic E-state index is 13.2. The van der Waals surface area contributed by atoms with E-state index in [4.69, 9.17) is 5.73 Å². The Labute approximate surface area is 113 Å². The van der Waals surface area contributed by atoms with Gasteiger partial charge in [-0.3, -0.25) is 0 Å². The molecule has 0 amide bonds. The number of hydrogen-bond donors (Lipinski definition) is 1. The summed E-state index contributed by atoms with van der Waals surface area (Å²) in [6.45, 7) is 0. The van der Waals surface area contributed by atoms with Gasteiger partial charge in [-0.05, 0) is 24.3 Å². The van der Waals surface area contributed by atoms with E-state index in [1.54, 1.807) is 6.07 Å². The molecule has 0 radical (unpaired) electrons. The smallest absolute Gasteiger partial charge is 0.150 e. The van der Waals surface area contributed by atoms with Gasteiger partial charge in [0, 0.05) is 16.8 Å².